The molecule has 0 radical (unpaired) electrons. The van der Waals surface area contributed by atoms with E-state index in [1.807, 2.05) is 6.08 Å². The van der Waals surface area contributed by atoms with Crippen LogP contribution in [0, 0.1) is 0 Å². The molecule has 0 bridgehead atoms. The normalized spacial score (nSPS) is 31.9. The lowest BCUT2D eigenvalue weighted by molar-refractivity contribution is -0.379. The summed E-state index contributed by atoms with van der Waals surface area (Å²) < 4.78 is 34.2. The van der Waals surface area contributed by atoms with Crippen LogP contribution in [0.2, 0.25) is 0 Å². The lowest BCUT2D eigenvalue weighted by atomic mass is 9.96. The van der Waals surface area contributed by atoms with E-state index >= 15 is 0 Å². The quantitative estimate of drug-likeness (QED) is 0.0308. The number of carbonyl (C=O) groups is 1. The number of hydrogen-bond acceptors (Lipinski definition) is 18. The Hall–Kier alpha value is -1.73. The highest BCUT2D eigenvalue weighted by Crippen LogP contribution is 2.33. The molecule has 12 N–H and O–H groups in total. The van der Waals surface area contributed by atoms with Crippen LogP contribution in [0.1, 0.15) is 181 Å². The molecule has 3 saturated heterocycles. The highest BCUT2D eigenvalue weighted by Gasteiger charge is 2.53. The molecule has 1 amide bonds. The number of aliphatic hydroxyl groups is 11. The third-order valence-electron chi connectivity index (χ3n) is 14.2. The zero-order chi connectivity index (χ0) is 53.4. The lowest BCUT2D eigenvalue weighted by Gasteiger charge is -2.48. The van der Waals surface area contributed by atoms with E-state index in [1.54, 1.807) is 6.08 Å². The van der Waals surface area contributed by atoms with Gasteiger partial charge in [0.2, 0.25) is 5.91 Å². The number of nitrogens with one attached hydrogen (secondary N) is 1. The predicted octanol–water partition coefficient (Wildman–Crippen LogP) is 3.59. The molecular weight excluding hydrogens is 951 g/mol. The van der Waals surface area contributed by atoms with Crippen molar-refractivity contribution < 1.29 is 89.4 Å². The average molecular weight is 1050 g/mol. The van der Waals surface area contributed by atoms with Crippen LogP contribution in [0.15, 0.2) is 24.3 Å². The first-order valence-electron chi connectivity index (χ1n) is 28.1. The fraction of sp³-hybridized carbons (Fsp3) is 0.907. The number of unbranched alkanes of at least 4 members (excludes halogenated alkanes) is 22. The van der Waals surface area contributed by atoms with E-state index in [1.165, 1.54) is 89.9 Å². The summed E-state index contributed by atoms with van der Waals surface area (Å²) in [5.74, 6) is -0.287. The number of aliphatic hydroxyl groups excluding tert-OH is 11. The molecule has 3 rings (SSSR count). The summed E-state index contributed by atoms with van der Waals surface area (Å²) in [7, 11) is 0. The van der Waals surface area contributed by atoms with Crippen molar-refractivity contribution in [1.29, 1.82) is 0 Å². The van der Waals surface area contributed by atoms with E-state index in [0.29, 0.717) is 6.42 Å². The standard InChI is InChI=1S/C54H99NO18/c1-3-5-7-9-11-13-15-17-18-19-20-21-23-25-27-29-31-38(59)37(55-42(60)32-30-28-26-24-22-16-14-12-10-8-6-4-2)36-68-52-48(66)45(63)50(40(34-57)70-52)73-54-49(67)46(64)51(41(35-58)71-54)72-53-47(65)44(62)43(61)39(33-56)69-53/h12,14,29,31,37-41,43-54,56-59,61-67H,3-11,13,15-28,30,32-36H2,1-2H3,(H,55,60)/b14-12-,31-29+. The Bertz CT molecular complexity index is 1440. The first kappa shape index (κ1) is 65.6. The van der Waals surface area contributed by atoms with Crippen molar-refractivity contribution in [3.05, 3.63) is 24.3 Å². The van der Waals surface area contributed by atoms with Crippen molar-refractivity contribution in [2.75, 3.05) is 26.4 Å². The van der Waals surface area contributed by atoms with Crippen molar-refractivity contribution in [1.82, 2.24) is 5.32 Å². The van der Waals surface area contributed by atoms with Crippen LogP contribution in [-0.2, 0) is 33.2 Å². The number of hydrogen-bond donors (Lipinski definition) is 12. The second kappa shape index (κ2) is 38.8. The van der Waals surface area contributed by atoms with Gasteiger partial charge in [-0.15, -0.1) is 0 Å². The van der Waals surface area contributed by atoms with Crippen LogP contribution < -0.4 is 5.32 Å². The van der Waals surface area contributed by atoms with Gasteiger partial charge in [0, 0.05) is 6.42 Å². The highest BCUT2D eigenvalue weighted by molar-refractivity contribution is 5.76. The molecule has 19 nitrogen and oxygen atoms in total. The first-order chi connectivity index (χ1) is 35.3. The van der Waals surface area contributed by atoms with Gasteiger partial charge in [-0.2, -0.15) is 0 Å². The van der Waals surface area contributed by atoms with E-state index in [4.69, 9.17) is 28.4 Å². The van der Waals surface area contributed by atoms with E-state index in [0.717, 1.165) is 64.2 Å². The van der Waals surface area contributed by atoms with Crippen LogP contribution in [0.4, 0.5) is 0 Å². The molecule has 3 heterocycles. The van der Waals surface area contributed by atoms with Gasteiger partial charge in [0.15, 0.2) is 18.9 Å². The molecule has 0 aromatic heterocycles. The van der Waals surface area contributed by atoms with Gasteiger partial charge in [0.25, 0.3) is 0 Å². The van der Waals surface area contributed by atoms with Crippen LogP contribution in [0.5, 0.6) is 0 Å². The first-order valence-corrected chi connectivity index (χ1v) is 28.1. The molecule has 0 saturated carbocycles. The SMILES string of the molecule is CCCCC/C=C\CCCCCCCC(=O)NC(COC1OC(CO)C(OC2OC(CO)C(OC3OC(CO)C(O)C(O)C3O)C(O)C2O)C(O)C1O)C(O)/C=C/CCCCCCCCCCCCCCCC. The predicted molar refractivity (Wildman–Crippen MR) is 273 cm³/mol. The second-order valence-electron chi connectivity index (χ2n) is 20.4. The summed E-state index contributed by atoms with van der Waals surface area (Å²) in [4.78, 5) is 13.2. The Morgan fingerprint density at radius 3 is 1.36 bits per heavy atom. The molecule has 3 aliphatic rings. The minimum Gasteiger partial charge on any atom is -0.394 e. The van der Waals surface area contributed by atoms with Crippen LogP contribution in [0.25, 0.3) is 0 Å². The Labute approximate surface area is 435 Å². The second-order valence-corrected chi connectivity index (χ2v) is 20.4. The monoisotopic (exact) mass is 1050 g/mol. The Morgan fingerprint density at radius 1 is 0.479 bits per heavy atom. The molecule has 0 aliphatic carbocycles. The van der Waals surface area contributed by atoms with Crippen LogP contribution in [-0.4, -0.2) is 193 Å². The summed E-state index contributed by atoms with van der Waals surface area (Å²) in [6.07, 6.45) is 10.2. The Kier molecular flexibility index (Phi) is 34.8. The van der Waals surface area contributed by atoms with Gasteiger partial charge >= 0.3 is 0 Å². The van der Waals surface area contributed by atoms with Crippen molar-refractivity contribution in [3.8, 4) is 0 Å². The molecule has 0 aromatic rings. The third-order valence-corrected chi connectivity index (χ3v) is 14.2. The number of allylic oxidation sites excluding steroid dienone is 3. The van der Waals surface area contributed by atoms with E-state index in [-0.39, 0.29) is 18.9 Å². The summed E-state index contributed by atoms with van der Waals surface area (Å²) in [5.41, 5.74) is 0. The summed E-state index contributed by atoms with van der Waals surface area (Å²) in [6.45, 7) is 1.67. The summed E-state index contributed by atoms with van der Waals surface area (Å²) in [6, 6.07) is -0.973. The summed E-state index contributed by atoms with van der Waals surface area (Å²) in [5, 5.41) is 120. The van der Waals surface area contributed by atoms with Gasteiger partial charge in [0.1, 0.15) is 73.2 Å². The van der Waals surface area contributed by atoms with Gasteiger partial charge in [-0.25, -0.2) is 0 Å². The lowest BCUT2D eigenvalue weighted by Crippen LogP contribution is -2.66. The zero-order valence-corrected chi connectivity index (χ0v) is 44.1. The van der Waals surface area contributed by atoms with Crippen molar-refractivity contribution in [2.24, 2.45) is 0 Å². The maximum Gasteiger partial charge on any atom is 0.220 e. The number of amides is 1. The largest absolute Gasteiger partial charge is 0.394 e. The Balaban J connectivity index is 1.54. The van der Waals surface area contributed by atoms with E-state index < -0.39 is 124 Å². The van der Waals surface area contributed by atoms with Gasteiger partial charge in [-0.3, -0.25) is 4.79 Å². The molecule has 19 heteroatoms. The average Bonchev–Trinajstić information content (AvgIpc) is 3.39. The molecule has 0 spiro atoms. The molecule has 73 heavy (non-hydrogen) atoms. The fourth-order valence-electron chi connectivity index (χ4n) is 9.54. The van der Waals surface area contributed by atoms with Crippen molar-refractivity contribution in [3.63, 3.8) is 0 Å². The number of carbonyl (C=O) groups excluding carboxylic acids is 1. The smallest absolute Gasteiger partial charge is 0.220 e. The fourth-order valence-corrected chi connectivity index (χ4v) is 9.54. The Morgan fingerprint density at radius 2 is 0.863 bits per heavy atom. The third kappa shape index (κ3) is 23.8. The molecule has 17 atom stereocenters. The van der Waals surface area contributed by atoms with E-state index in [9.17, 15) is 61.0 Å². The highest BCUT2D eigenvalue weighted by atomic mass is 16.8. The maximum absolute atomic E-state index is 13.2. The molecule has 3 fully saturated rings. The van der Waals surface area contributed by atoms with Crippen molar-refractivity contribution >= 4 is 5.91 Å². The minimum atomic E-state index is -1.98. The number of rotatable bonds is 40. The van der Waals surface area contributed by atoms with Gasteiger partial charge < -0.3 is 89.9 Å². The molecule has 428 valence electrons. The molecular formula is C54H99NO18. The minimum absolute atomic E-state index is 0.234. The van der Waals surface area contributed by atoms with Crippen molar-refractivity contribution in [2.45, 2.75) is 285 Å². The molecule has 3 aliphatic heterocycles. The van der Waals surface area contributed by atoms with Gasteiger partial charge in [0.05, 0.1) is 38.6 Å². The van der Waals surface area contributed by atoms with Crippen LogP contribution in [0.3, 0.4) is 0 Å². The molecule has 0 aromatic carbocycles. The maximum atomic E-state index is 13.2. The van der Waals surface area contributed by atoms with Gasteiger partial charge in [-0.05, 0) is 44.9 Å². The van der Waals surface area contributed by atoms with Gasteiger partial charge in [-0.1, -0.05) is 154 Å². The van der Waals surface area contributed by atoms with E-state index in [2.05, 4.69) is 31.3 Å². The number of ether oxygens (including phenoxy) is 6. The zero-order valence-electron chi connectivity index (χ0n) is 44.1. The topological polar surface area (TPSA) is 307 Å². The van der Waals surface area contributed by atoms with Crippen LogP contribution >= 0.6 is 0 Å². The molecule has 17 unspecified atom stereocenters. The summed E-state index contributed by atoms with van der Waals surface area (Å²) >= 11 is 0.